The molecule has 2 aromatic heterocycles. The summed E-state index contributed by atoms with van der Waals surface area (Å²) in [6.45, 7) is 0.00123. The average molecular weight is 269 g/mol. The normalized spacial score (nSPS) is 11.4. The van der Waals surface area contributed by atoms with Gasteiger partial charge in [-0.1, -0.05) is 5.16 Å². The Bertz CT molecular complexity index is 611. The summed E-state index contributed by atoms with van der Waals surface area (Å²) >= 11 is 0. The van der Waals surface area contributed by atoms with Gasteiger partial charge in [-0.25, -0.2) is 13.1 Å². The van der Waals surface area contributed by atoms with E-state index in [1.54, 1.807) is 6.07 Å². The fourth-order valence-corrected chi connectivity index (χ4v) is 2.39. The summed E-state index contributed by atoms with van der Waals surface area (Å²) in [6.07, 6.45) is 4.07. The topological polar surface area (TPSA) is 123 Å². The van der Waals surface area contributed by atoms with E-state index in [1.807, 2.05) is 0 Å². The first-order valence-corrected chi connectivity index (χ1v) is 6.41. The Hall–Kier alpha value is -1.97. The molecule has 9 heteroatoms. The molecule has 0 atom stereocenters. The first-order chi connectivity index (χ1) is 8.63. The summed E-state index contributed by atoms with van der Waals surface area (Å²) in [5.41, 5.74) is 2.56. The number of nitrogens with one attached hydrogen (secondary N) is 2. The van der Waals surface area contributed by atoms with Crippen LogP contribution in [-0.2, 0) is 16.6 Å². The van der Waals surface area contributed by atoms with Crippen LogP contribution in [0.15, 0.2) is 40.1 Å². The molecule has 0 aliphatic heterocycles. The standard InChI is InChI=1S/C9H11N5O3S/c10-14-8-2-3-11-6-9(8)18(15,16)13-5-7-1-4-12-17-7/h1-4,6,13H,5,10H2,(H,11,14). The lowest BCUT2D eigenvalue weighted by Crippen LogP contribution is -2.25. The molecule has 0 spiro atoms. The lowest BCUT2D eigenvalue weighted by molar-refractivity contribution is 0.380. The predicted octanol–water partition coefficient (Wildman–Crippen LogP) is -0.166. The van der Waals surface area contributed by atoms with Crippen LogP contribution in [0.25, 0.3) is 0 Å². The van der Waals surface area contributed by atoms with Crippen LogP contribution in [0.1, 0.15) is 5.76 Å². The zero-order chi connectivity index (χ0) is 13.0. The first-order valence-electron chi connectivity index (χ1n) is 4.93. The van der Waals surface area contributed by atoms with Crippen LogP contribution in [0.5, 0.6) is 0 Å². The van der Waals surface area contributed by atoms with E-state index in [0.717, 1.165) is 0 Å². The van der Waals surface area contributed by atoms with E-state index in [2.05, 4.69) is 20.3 Å². The Morgan fingerprint density at radius 3 is 2.83 bits per heavy atom. The van der Waals surface area contributed by atoms with Gasteiger partial charge in [0.15, 0.2) is 5.76 Å². The maximum Gasteiger partial charge on any atom is 0.244 e. The molecule has 0 unspecified atom stereocenters. The third-order valence-electron chi connectivity index (χ3n) is 2.16. The Morgan fingerprint density at radius 1 is 1.33 bits per heavy atom. The molecule has 0 bridgehead atoms. The van der Waals surface area contributed by atoms with Crippen molar-refractivity contribution < 1.29 is 12.9 Å². The van der Waals surface area contributed by atoms with Gasteiger partial charge in [0, 0.05) is 18.5 Å². The number of pyridine rings is 1. The Balaban J connectivity index is 2.20. The molecule has 96 valence electrons. The molecular weight excluding hydrogens is 258 g/mol. The molecule has 18 heavy (non-hydrogen) atoms. The maximum atomic E-state index is 12.0. The largest absolute Gasteiger partial charge is 0.360 e. The third kappa shape index (κ3) is 2.64. The van der Waals surface area contributed by atoms with Crippen LogP contribution in [0.3, 0.4) is 0 Å². The van der Waals surface area contributed by atoms with Gasteiger partial charge in [0.05, 0.1) is 18.4 Å². The van der Waals surface area contributed by atoms with Gasteiger partial charge in [-0.05, 0) is 6.07 Å². The van der Waals surface area contributed by atoms with Gasteiger partial charge in [-0.2, -0.15) is 0 Å². The molecule has 0 saturated carbocycles. The fourth-order valence-electron chi connectivity index (χ4n) is 1.29. The Labute approximate surface area is 103 Å². The van der Waals surface area contributed by atoms with Crippen LogP contribution < -0.4 is 16.0 Å². The number of anilines is 1. The van der Waals surface area contributed by atoms with Gasteiger partial charge in [0.1, 0.15) is 4.90 Å². The van der Waals surface area contributed by atoms with Crippen molar-refractivity contribution >= 4 is 15.7 Å². The van der Waals surface area contributed by atoms with E-state index in [0.29, 0.717) is 5.76 Å². The second kappa shape index (κ2) is 5.12. The molecule has 2 aromatic rings. The van der Waals surface area contributed by atoms with Crippen LogP contribution in [0.4, 0.5) is 5.69 Å². The number of hydrazine groups is 1. The molecule has 0 radical (unpaired) electrons. The molecule has 0 amide bonds. The van der Waals surface area contributed by atoms with E-state index < -0.39 is 10.0 Å². The summed E-state index contributed by atoms with van der Waals surface area (Å²) in [5, 5.41) is 3.47. The fraction of sp³-hybridized carbons (Fsp3) is 0.111. The maximum absolute atomic E-state index is 12.0. The molecule has 0 fully saturated rings. The number of rotatable bonds is 5. The third-order valence-corrected chi connectivity index (χ3v) is 3.59. The van der Waals surface area contributed by atoms with Gasteiger partial charge in [-0.15, -0.1) is 0 Å². The minimum Gasteiger partial charge on any atom is -0.360 e. The summed E-state index contributed by atoms with van der Waals surface area (Å²) < 4.78 is 31.1. The first kappa shape index (κ1) is 12.5. The second-order valence-electron chi connectivity index (χ2n) is 3.32. The molecule has 0 saturated heterocycles. The van der Waals surface area contributed by atoms with E-state index >= 15 is 0 Å². The number of sulfonamides is 1. The van der Waals surface area contributed by atoms with Gasteiger partial charge in [0.2, 0.25) is 10.0 Å². The average Bonchev–Trinajstić information content (AvgIpc) is 2.89. The van der Waals surface area contributed by atoms with Crippen LogP contribution in [0.2, 0.25) is 0 Å². The van der Waals surface area contributed by atoms with Crippen molar-refractivity contribution in [1.29, 1.82) is 0 Å². The predicted molar refractivity (Wildman–Crippen MR) is 62.6 cm³/mol. The van der Waals surface area contributed by atoms with E-state index in [4.69, 9.17) is 10.4 Å². The monoisotopic (exact) mass is 269 g/mol. The minimum atomic E-state index is -3.72. The van der Waals surface area contributed by atoms with Crippen molar-refractivity contribution in [3.63, 3.8) is 0 Å². The van der Waals surface area contributed by atoms with Crippen LogP contribution in [-0.4, -0.2) is 18.6 Å². The highest BCUT2D eigenvalue weighted by atomic mass is 32.2. The highest BCUT2D eigenvalue weighted by molar-refractivity contribution is 7.89. The summed E-state index contributed by atoms with van der Waals surface area (Å²) in [5.74, 6) is 5.65. The number of nitrogens with zero attached hydrogens (tertiary/aromatic N) is 2. The molecule has 4 N–H and O–H groups in total. The second-order valence-corrected chi connectivity index (χ2v) is 5.05. The molecule has 8 nitrogen and oxygen atoms in total. The van der Waals surface area contributed by atoms with Crippen molar-refractivity contribution in [3.05, 3.63) is 36.5 Å². The van der Waals surface area contributed by atoms with Gasteiger partial charge < -0.3 is 9.95 Å². The van der Waals surface area contributed by atoms with Gasteiger partial charge >= 0.3 is 0 Å². The molecule has 0 aliphatic rings. The smallest absolute Gasteiger partial charge is 0.244 e. The Kier molecular flexibility index (Phi) is 3.55. The molecule has 0 aliphatic carbocycles. The van der Waals surface area contributed by atoms with Gasteiger partial charge in [-0.3, -0.25) is 10.8 Å². The number of aromatic nitrogens is 2. The van der Waals surface area contributed by atoms with E-state index in [-0.39, 0.29) is 17.1 Å². The van der Waals surface area contributed by atoms with E-state index in [9.17, 15) is 8.42 Å². The number of hydrogen-bond donors (Lipinski definition) is 3. The lowest BCUT2D eigenvalue weighted by atomic mass is 10.4. The van der Waals surface area contributed by atoms with Crippen molar-refractivity contribution in [2.75, 3.05) is 5.43 Å². The van der Waals surface area contributed by atoms with E-state index in [1.165, 1.54) is 24.7 Å². The van der Waals surface area contributed by atoms with Crippen molar-refractivity contribution in [2.45, 2.75) is 11.4 Å². The summed E-state index contributed by atoms with van der Waals surface area (Å²) in [6, 6.07) is 3.02. The number of hydrogen-bond acceptors (Lipinski definition) is 7. The molecule has 2 rings (SSSR count). The van der Waals surface area contributed by atoms with Crippen LogP contribution >= 0.6 is 0 Å². The highest BCUT2D eigenvalue weighted by Crippen LogP contribution is 2.18. The summed E-state index contributed by atoms with van der Waals surface area (Å²) in [7, 11) is -3.72. The zero-order valence-corrected chi connectivity index (χ0v) is 10.0. The quantitative estimate of drug-likeness (QED) is 0.508. The zero-order valence-electron chi connectivity index (χ0n) is 9.20. The van der Waals surface area contributed by atoms with Crippen molar-refractivity contribution in [3.8, 4) is 0 Å². The Morgan fingerprint density at radius 2 is 2.17 bits per heavy atom. The highest BCUT2D eigenvalue weighted by Gasteiger charge is 2.18. The van der Waals surface area contributed by atoms with Gasteiger partial charge in [0.25, 0.3) is 0 Å². The van der Waals surface area contributed by atoms with Crippen molar-refractivity contribution in [1.82, 2.24) is 14.9 Å². The van der Waals surface area contributed by atoms with Crippen LogP contribution in [0, 0.1) is 0 Å². The lowest BCUT2D eigenvalue weighted by Gasteiger charge is -2.09. The molecular formula is C9H11N5O3S. The molecule has 2 heterocycles. The molecule has 0 aromatic carbocycles. The SMILES string of the molecule is NNc1ccncc1S(=O)(=O)NCc1ccno1. The number of nitrogen functional groups attached to an aromatic ring is 1. The summed E-state index contributed by atoms with van der Waals surface area (Å²) in [4.78, 5) is 3.72. The number of nitrogens with two attached hydrogens (primary N) is 1. The van der Waals surface area contributed by atoms with Crippen molar-refractivity contribution in [2.24, 2.45) is 5.84 Å². The minimum absolute atomic E-state index is 0.00123.